The fourth-order valence-electron chi connectivity index (χ4n) is 4.86. The maximum atomic E-state index is 11.5. The summed E-state index contributed by atoms with van der Waals surface area (Å²) in [6.07, 6.45) is 6.92. The average Bonchev–Trinajstić information content (AvgIpc) is 2.87. The standard InChI is InChI=1S/C25H30N6O3/c1-33-23-9-7-20-24(31-23)16(10-11-27-20)12-19(26)15-2-4-17(5-3-15)28-13-18-6-8-21-25(29-18)30-22(32)14-34-21/h6-11,15,17,19,28H,2-5,12-14,26H2,1H3,(H,29,30,32). The lowest BCUT2D eigenvalue weighted by Gasteiger charge is -2.32. The first-order valence-corrected chi connectivity index (χ1v) is 11.8. The molecule has 1 atom stereocenters. The fourth-order valence-corrected chi connectivity index (χ4v) is 4.86. The molecule has 0 saturated heterocycles. The second-order valence-electron chi connectivity index (χ2n) is 9.04. The van der Waals surface area contributed by atoms with Crippen molar-refractivity contribution in [1.29, 1.82) is 0 Å². The first kappa shape index (κ1) is 22.5. The van der Waals surface area contributed by atoms with E-state index in [2.05, 4.69) is 25.6 Å². The Balaban J connectivity index is 1.14. The summed E-state index contributed by atoms with van der Waals surface area (Å²) in [4.78, 5) is 25.1. The molecule has 1 aliphatic carbocycles. The predicted molar refractivity (Wildman–Crippen MR) is 129 cm³/mol. The van der Waals surface area contributed by atoms with Gasteiger partial charge < -0.3 is 25.8 Å². The van der Waals surface area contributed by atoms with Gasteiger partial charge in [0, 0.05) is 30.9 Å². The molecule has 5 rings (SSSR count). The van der Waals surface area contributed by atoms with Crippen LogP contribution in [0.25, 0.3) is 11.0 Å². The summed E-state index contributed by atoms with van der Waals surface area (Å²) < 4.78 is 10.7. The Bertz CT molecular complexity index is 1180. The monoisotopic (exact) mass is 462 g/mol. The maximum absolute atomic E-state index is 11.5. The Morgan fingerprint density at radius 2 is 2.03 bits per heavy atom. The van der Waals surface area contributed by atoms with Crippen LogP contribution in [-0.2, 0) is 17.8 Å². The molecule has 0 spiro atoms. The van der Waals surface area contributed by atoms with Crippen LogP contribution < -0.4 is 25.8 Å². The number of methoxy groups -OCH3 is 1. The molecule has 4 N–H and O–H groups in total. The van der Waals surface area contributed by atoms with Crippen LogP contribution in [-0.4, -0.2) is 46.7 Å². The molecule has 34 heavy (non-hydrogen) atoms. The summed E-state index contributed by atoms with van der Waals surface area (Å²) in [7, 11) is 1.62. The third-order valence-corrected chi connectivity index (χ3v) is 6.79. The van der Waals surface area contributed by atoms with Crippen molar-refractivity contribution >= 4 is 22.8 Å². The SMILES string of the molecule is COc1ccc2nccc(CC(N)C3CCC(NCc4ccc5c(n4)NC(=O)CO5)CC3)c2n1. The van der Waals surface area contributed by atoms with Crippen molar-refractivity contribution in [3.63, 3.8) is 0 Å². The van der Waals surface area contributed by atoms with Crippen LogP contribution in [0.4, 0.5) is 5.82 Å². The van der Waals surface area contributed by atoms with E-state index >= 15 is 0 Å². The number of ether oxygens (including phenoxy) is 2. The van der Waals surface area contributed by atoms with Gasteiger partial charge in [-0.05, 0) is 67.9 Å². The molecule has 9 heteroatoms. The quantitative estimate of drug-likeness (QED) is 0.489. The topological polar surface area (TPSA) is 124 Å². The number of rotatable bonds is 7. The highest BCUT2D eigenvalue weighted by Gasteiger charge is 2.26. The minimum atomic E-state index is -0.172. The Morgan fingerprint density at radius 1 is 1.18 bits per heavy atom. The average molecular weight is 463 g/mol. The van der Waals surface area contributed by atoms with E-state index in [4.69, 9.17) is 15.2 Å². The van der Waals surface area contributed by atoms with Crippen molar-refractivity contribution < 1.29 is 14.3 Å². The maximum Gasteiger partial charge on any atom is 0.263 e. The summed E-state index contributed by atoms with van der Waals surface area (Å²) in [5, 5.41) is 6.37. The van der Waals surface area contributed by atoms with E-state index in [1.807, 2.05) is 36.5 Å². The smallest absolute Gasteiger partial charge is 0.263 e. The molecule has 3 aromatic heterocycles. The van der Waals surface area contributed by atoms with Gasteiger partial charge in [-0.3, -0.25) is 9.78 Å². The van der Waals surface area contributed by atoms with Gasteiger partial charge in [-0.25, -0.2) is 9.97 Å². The van der Waals surface area contributed by atoms with Crippen molar-refractivity contribution in [2.75, 3.05) is 19.0 Å². The Kier molecular flexibility index (Phi) is 6.55. The van der Waals surface area contributed by atoms with Gasteiger partial charge in [-0.2, -0.15) is 0 Å². The minimum absolute atomic E-state index is 0.0414. The van der Waals surface area contributed by atoms with Crippen LogP contribution in [0.15, 0.2) is 36.5 Å². The van der Waals surface area contributed by atoms with Crippen molar-refractivity contribution in [2.45, 2.75) is 50.7 Å². The zero-order valence-corrected chi connectivity index (χ0v) is 19.3. The molecule has 1 aliphatic heterocycles. The number of anilines is 1. The van der Waals surface area contributed by atoms with Gasteiger partial charge >= 0.3 is 0 Å². The second kappa shape index (κ2) is 9.90. The van der Waals surface area contributed by atoms with Gasteiger partial charge in [0.25, 0.3) is 5.91 Å². The van der Waals surface area contributed by atoms with E-state index < -0.39 is 0 Å². The van der Waals surface area contributed by atoms with Gasteiger partial charge in [0.15, 0.2) is 18.2 Å². The van der Waals surface area contributed by atoms with E-state index in [-0.39, 0.29) is 18.6 Å². The largest absolute Gasteiger partial charge is 0.481 e. The number of amides is 1. The van der Waals surface area contributed by atoms with Crippen molar-refractivity contribution in [2.24, 2.45) is 11.7 Å². The van der Waals surface area contributed by atoms with Crippen LogP contribution in [0.1, 0.15) is 36.9 Å². The van der Waals surface area contributed by atoms with Crippen LogP contribution in [0.3, 0.4) is 0 Å². The van der Waals surface area contributed by atoms with Crippen LogP contribution in [0.2, 0.25) is 0 Å². The molecular weight excluding hydrogens is 432 g/mol. The highest BCUT2D eigenvalue weighted by atomic mass is 16.5. The molecule has 0 bridgehead atoms. The van der Waals surface area contributed by atoms with E-state index in [9.17, 15) is 4.79 Å². The van der Waals surface area contributed by atoms with Gasteiger partial charge in [-0.15, -0.1) is 0 Å². The van der Waals surface area contributed by atoms with Crippen molar-refractivity contribution in [1.82, 2.24) is 20.3 Å². The van der Waals surface area contributed by atoms with Gasteiger partial charge in [0.05, 0.1) is 23.8 Å². The number of nitrogens with two attached hydrogens (primary N) is 1. The number of carbonyl (C=O) groups excluding carboxylic acids is 1. The molecule has 1 saturated carbocycles. The number of nitrogens with one attached hydrogen (secondary N) is 2. The van der Waals surface area contributed by atoms with Crippen molar-refractivity contribution in [3.05, 3.63) is 47.8 Å². The summed E-state index contributed by atoms with van der Waals surface area (Å²) in [5.41, 5.74) is 10.4. The predicted octanol–water partition coefficient (Wildman–Crippen LogP) is 2.58. The summed E-state index contributed by atoms with van der Waals surface area (Å²) in [6, 6.07) is 10.1. The zero-order valence-electron chi connectivity index (χ0n) is 19.3. The molecule has 1 fully saturated rings. The first-order valence-electron chi connectivity index (χ1n) is 11.8. The molecule has 1 unspecified atom stereocenters. The number of nitrogens with zero attached hydrogens (tertiary/aromatic N) is 3. The number of aromatic nitrogens is 3. The molecule has 178 valence electrons. The van der Waals surface area contributed by atoms with Gasteiger partial charge in [0.2, 0.25) is 5.88 Å². The Hall–Kier alpha value is -3.30. The minimum Gasteiger partial charge on any atom is -0.481 e. The Morgan fingerprint density at radius 3 is 2.85 bits per heavy atom. The summed E-state index contributed by atoms with van der Waals surface area (Å²) in [6.45, 7) is 0.695. The molecule has 2 aliphatic rings. The fraction of sp³-hybridized carbons (Fsp3) is 0.440. The van der Waals surface area contributed by atoms with Crippen molar-refractivity contribution in [3.8, 4) is 11.6 Å². The summed E-state index contributed by atoms with van der Waals surface area (Å²) in [5.74, 6) is 2.01. The molecule has 0 aromatic carbocycles. The van der Waals surface area contributed by atoms with Crippen LogP contribution >= 0.6 is 0 Å². The third kappa shape index (κ3) is 4.95. The van der Waals surface area contributed by atoms with Gasteiger partial charge in [0.1, 0.15) is 0 Å². The lowest BCUT2D eigenvalue weighted by molar-refractivity contribution is -0.118. The number of pyridine rings is 3. The Labute approximate surface area is 198 Å². The number of hydrogen-bond acceptors (Lipinski definition) is 8. The number of fused-ring (bicyclic) bond motifs is 2. The van der Waals surface area contributed by atoms with E-state index in [1.165, 1.54) is 0 Å². The highest BCUT2D eigenvalue weighted by molar-refractivity contribution is 5.94. The first-order chi connectivity index (χ1) is 16.6. The molecule has 1 amide bonds. The van der Waals surface area contributed by atoms with Gasteiger partial charge in [-0.1, -0.05) is 0 Å². The normalized spacial score (nSPS) is 20.8. The highest BCUT2D eigenvalue weighted by Crippen LogP contribution is 2.30. The molecular formula is C25H30N6O3. The lowest BCUT2D eigenvalue weighted by Crippen LogP contribution is -2.39. The lowest BCUT2D eigenvalue weighted by atomic mass is 9.80. The third-order valence-electron chi connectivity index (χ3n) is 6.79. The second-order valence-corrected chi connectivity index (χ2v) is 9.04. The molecule has 9 nitrogen and oxygen atoms in total. The molecule has 3 aromatic rings. The van der Waals surface area contributed by atoms with Crippen LogP contribution in [0.5, 0.6) is 11.6 Å². The molecule has 0 radical (unpaired) electrons. The number of carbonyl (C=O) groups is 1. The van der Waals surface area contributed by atoms with E-state index in [0.717, 1.165) is 54.4 Å². The van der Waals surface area contributed by atoms with E-state index in [1.54, 1.807) is 7.11 Å². The van der Waals surface area contributed by atoms with Crippen LogP contribution in [0, 0.1) is 5.92 Å². The zero-order chi connectivity index (χ0) is 23.5. The van der Waals surface area contributed by atoms with E-state index in [0.29, 0.717) is 36.0 Å². The summed E-state index contributed by atoms with van der Waals surface area (Å²) >= 11 is 0. The molecule has 4 heterocycles. The number of hydrogen-bond donors (Lipinski definition) is 3.